The van der Waals surface area contributed by atoms with E-state index in [0.717, 1.165) is 17.5 Å². The number of rotatable bonds is 2. The number of sulfone groups is 1. The molecule has 0 fully saturated rings. The van der Waals surface area contributed by atoms with E-state index < -0.39 is 21.5 Å². The quantitative estimate of drug-likeness (QED) is 0.845. The molecule has 0 spiro atoms. The van der Waals surface area contributed by atoms with Gasteiger partial charge in [-0.15, -0.1) is 0 Å². The molecule has 0 bridgehead atoms. The van der Waals surface area contributed by atoms with Crippen molar-refractivity contribution in [2.75, 3.05) is 23.5 Å². The lowest BCUT2D eigenvalue weighted by Gasteiger charge is -2.32. The summed E-state index contributed by atoms with van der Waals surface area (Å²) < 4.78 is 22.4. The van der Waals surface area contributed by atoms with Crippen molar-refractivity contribution in [1.82, 2.24) is 0 Å². The first-order chi connectivity index (χ1) is 8.38. The lowest BCUT2D eigenvalue weighted by atomic mass is 9.97. The molecule has 2 N–H and O–H groups in total. The van der Waals surface area contributed by atoms with Crippen molar-refractivity contribution < 1.29 is 13.2 Å². The second kappa shape index (κ2) is 4.70. The van der Waals surface area contributed by atoms with Crippen LogP contribution in [-0.2, 0) is 14.6 Å². The van der Waals surface area contributed by atoms with Crippen LogP contribution >= 0.6 is 0 Å². The van der Waals surface area contributed by atoms with Crippen molar-refractivity contribution in [3.63, 3.8) is 0 Å². The largest absolute Gasteiger partial charge is 0.324 e. The molecule has 1 atom stereocenters. The smallest absolute Gasteiger partial charge is 0.242 e. The van der Waals surface area contributed by atoms with Gasteiger partial charge in [0.1, 0.15) is 5.75 Å². The third-order valence-corrected chi connectivity index (χ3v) is 3.75. The predicted molar refractivity (Wildman–Crippen MR) is 70.1 cm³/mol. The van der Waals surface area contributed by atoms with E-state index in [-0.39, 0.29) is 6.04 Å². The molecule has 98 valence electrons. The summed E-state index contributed by atoms with van der Waals surface area (Å²) in [4.78, 5) is 13.5. The van der Waals surface area contributed by atoms with Crippen molar-refractivity contribution in [1.29, 1.82) is 0 Å². The van der Waals surface area contributed by atoms with Crippen LogP contribution in [0, 0.1) is 0 Å². The van der Waals surface area contributed by atoms with Gasteiger partial charge in [0, 0.05) is 24.5 Å². The topological polar surface area (TPSA) is 80.5 Å². The van der Waals surface area contributed by atoms with E-state index in [1.54, 1.807) is 6.07 Å². The van der Waals surface area contributed by atoms with Crippen LogP contribution < -0.4 is 10.6 Å². The second-order valence-electron chi connectivity index (χ2n) is 4.57. The number of hydrogen-bond acceptors (Lipinski definition) is 4. The number of para-hydroxylation sites is 1. The minimum atomic E-state index is -3.31. The first-order valence-electron chi connectivity index (χ1n) is 5.71. The summed E-state index contributed by atoms with van der Waals surface area (Å²) in [6, 6.07) is 7.26. The molecule has 0 saturated heterocycles. The summed E-state index contributed by atoms with van der Waals surface area (Å²) in [5.41, 5.74) is 7.60. The van der Waals surface area contributed by atoms with E-state index in [0.29, 0.717) is 13.0 Å². The van der Waals surface area contributed by atoms with Crippen LogP contribution in [-0.4, -0.2) is 32.9 Å². The number of hydrogen-bond donors (Lipinski definition) is 1. The lowest BCUT2D eigenvalue weighted by Crippen LogP contribution is -2.41. The zero-order valence-corrected chi connectivity index (χ0v) is 11.0. The lowest BCUT2D eigenvalue weighted by molar-refractivity contribution is -0.116. The monoisotopic (exact) mass is 268 g/mol. The summed E-state index contributed by atoms with van der Waals surface area (Å²) >= 11 is 0. The van der Waals surface area contributed by atoms with E-state index in [1.165, 1.54) is 4.90 Å². The minimum Gasteiger partial charge on any atom is -0.324 e. The molecular formula is C12H16N2O3S. The SMILES string of the molecule is CS(=O)(=O)CC(=O)N1CCC(N)c2ccccc21. The molecule has 5 nitrogen and oxygen atoms in total. The first kappa shape index (κ1) is 13.0. The van der Waals surface area contributed by atoms with Crippen molar-refractivity contribution >= 4 is 21.4 Å². The molecular weight excluding hydrogens is 252 g/mol. The van der Waals surface area contributed by atoms with E-state index in [4.69, 9.17) is 5.73 Å². The van der Waals surface area contributed by atoms with Gasteiger partial charge in [-0.3, -0.25) is 4.79 Å². The Morgan fingerprint density at radius 2 is 2.11 bits per heavy atom. The number of nitrogens with two attached hydrogens (primary N) is 1. The highest BCUT2D eigenvalue weighted by atomic mass is 32.2. The van der Waals surface area contributed by atoms with E-state index in [9.17, 15) is 13.2 Å². The molecule has 1 unspecified atom stereocenters. The fourth-order valence-corrected chi connectivity index (χ4v) is 2.76. The Labute approximate surface area is 107 Å². The maximum absolute atomic E-state index is 12.0. The standard InChI is InChI=1S/C12H16N2O3S/c1-18(16,17)8-12(15)14-7-6-10(13)9-4-2-3-5-11(9)14/h2-5,10H,6-8,13H2,1H3. The fourth-order valence-electron chi connectivity index (χ4n) is 2.15. The van der Waals surface area contributed by atoms with Gasteiger partial charge in [-0.1, -0.05) is 18.2 Å². The van der Waals surface area contributed by atoms with Gasteiger partial charge in [0.15, 0.2) is 9.84 Å². The van der Waals surface area contributed by atoms with Gasteiger partial charge in [0.25, 0.3) is 0 Å². The van der Waals surface area contributed by atoms with Crippen LogP contribution in [0.15, 0.2) is 24.3 Å². The summed E-state index contributed by atoms with van der Waals surface area (Å²) in [7, 11) is -3.31. The predicted octanol–water partition coefficient (Wildman–Crippen LogP) is 0.468. The Balaban J connectivity index is 2.32. The van der Waals surface area contributed by atoms with Crippen LogP contribution in [0.3, 0.4) is 0 Å². The molecule has 1 aliphatic heterocycles. The van der Waals surface area contributed by atoms with Crippen molar-refractivity contribution in [3.05, 3.63) is 29.8 Å². The Bertz CT molecular complexity index is 568. The summed E-state index contributed by atoms with van der Waals surface area (Å²) in [6.07, 6.45) is 1.71. The number of nitrogens with zero attached hydrogens (tertiary/aromatic N) is 1. The van der Waals surface area contributed by atoms with Crippen molar-refractivity contribution in [2.24, 2.45) is 5.73 Å². The summed E-state index contributed by atoms with van der Waals surface area (Å²) in [6.45, 7) is 0.465. The van der Waals surface area contributed by atoms with Gasteiger partial charge in [0.05, 0.1) is 0 Å². The van der Waals surface area contributed by atoms with Crippen molar-refractivity contribution in [2.45, 2.75) is 12.5 Å². The van der Waals surface area contributed by atoms with Gasteiger partial charge in [-0.2, -0.15) is 0 Å². The van der Waals surface area contributed by atoms with Crippen LogP contribution in [0.25, 0.3) is 0 Å². The minimum absolute atomic E-state index is 0.0940. The maximum atomic E-state index is 12.0. The molecule has 2 rings (SSSR count). The average molecular weight is 268 g/mol. The summed E-state index contributed by atoms with van der Waals surface area (Å²) in [5, 5.41) is 0. The van der Waals surface area contributed by atoms with E-state index in [2.05, 4.69) is 0 Å². The van der Waals surface area contributed by atoms with Crippen LogP contribution in [0.1, 0.15) is 18.0 Å². The van der Waals surface area contributed by atoms with Crippen molar-refractivity contribution in [3.8, 4) is 0 Å². The highest BCUT2D eigenvalue weighted by Crippen LogP contribution is 2.32. The molecule has 18 heavy (non-hydrogen) atoms. The molecule has 1 heterocycles. The summed E-state index contributed by atoms with van der Waals surface area (Å²) in [5.74, 6) is -0.854. The van der Waals surface area contributed by atoms with Gasteiger partial charge in [0.2, 0.25) is 5.91 Å². The van der Waals surface area contributed by atoms with Gasteiger partial charge in [-0.25, -0.2) is 8.42 Å². The third kappa shape index (κ3) is 2.70. The normalized spacial score (nSPS) is 19.4. The number of anilines is 1. The van der Waals surface area contributed by atoms with Crippen LogP contribution in [0.5, 0.6) is 0 Å². The van der Waals surface area contributed by atoms with Crippen LogP contribution in [0.4, 0.5) is 5.69 Å². The molecule has 0 radical (unpaired) electrons. The van der Waals surface area contributed by atoms with E-state index >= 15 is 0 Å². The molecule has 1 amide bonds. The molecule has 1 aromatic rings. The first-order valence-corrected chi connectivity index (χ1v) is 7.77. The number of carbonyl (C=O) groups excluding carboxylic acids is 1. The molecule has 0 saturated carbocycles. The molecule has 0 aliphatic carbocycles. The van der Waals surface area contributed by atoms with Gasteiger partial charge in [-0.05, 0) is 18.1 Å². The number of carbonyl (C=O) groups is 1. The van der Waals surface area contributed by atoms with E-state index in [1.807, 2.05) is 18.2 Å². The Morgan fingerprint density at radius 3 is 2.78 bits per heavy atom. The number of benzene rings is 1. The zero-order valence-electron chi connectivity index (χ0n) is 10.2. The maximum Gasteiger partial charge on any atom is 0.242 e. The average Bonchev–Trinajstić information content (AvgIpc) is 2.27. The Kier molecular flexibility index (Phi) is 3.41. The van der Waals surface area contributed by atoms with Crippen LogP contribution in [0.2, 0.25) is 0 Å². The molecule has 6 heteroatoms. The number of amides is 1. The van der Waals surface area contributed by atoms with Gasteiger partial charge < -0.3 is 10.6 Å². The highest BCUT2D eigenvalue weighted by Gasteiger charge is 2.27. The number of fused-ring (bicyclic) bond motifs is 1. The third-order valence-electron chi connectivity index (χ3n) is 2.98. The molecule has 1 aliphatic rings. The zero-order chi connectivity index (χ0) is 13.3. The Hall–Kier alpha value is -1.40. The fraction of sp³-hybridized carbons (Fsp3) is 0.417. The Morgan fingerprint density at radius 1 is 1.44 bits per heavy atom. The second-order valence-corrected chi connectivity index (χ2v) is 6.71. The van der Waals surface area contributed by atoms with Gasteiger partial charge >= 0.3 is 0 Å². The highest BCUT2D eigenvalue weighted by molar-refractivity contribution is 7.91. The molecule has 1 aromatic carbocycles. The molecule has 0 aromatic heterocycles.